The lowest BCUT2D eigenvalue weighted by atomic mass is 10.1. The molecule has 1 aromatic carbocycles. The second-order valence-corrected chi connectivity index (χ2v) is 3.59. The second kappa shape index (κ2) is 6.62. The van der Waals surface area contributed by atoms with Crippen molar-refractivity contribution in [3.63, 3.8) is 0 Å². The highest BCUT2D eigenvalue weighted by Gasteiger charge is 1.93. The molecule has 0 aliphatic heterocycles. The zero-order valence-electron chi connectivity index (χ0n) is 9.52. The number of carbonyl (C=O) groups is 1. The summed E-state index contributed by atoms with van der Waals surface area (Å²) in [5, 5.41) is 0. The largest absolute Gasteiger partial charge is 0.399 e. The van der Waals surface area contributed by atoms with E-state index in [1.165, 1.54) is 11.6 Å². The fourth-order valence-corrected chi connectivity index (χ4v) is 1.41. The molecule has 0 heterocycles. The Kier molecular flexibility index (Phi) is 5.06. The molecule has 0 aromatic heterocycles. The molecule has 0 unspecified atom stereocenters. The molecular weight excluding hydrogens is 198 g/mol. The Balaban J connectivity index is 2.74. The van der Waals surface area contributed by atoms with Crippen LogP contribution in [0.25, 0.3) is 6.08 Å². The predicted molar refractivity (Wildman–Crippen MR) is 68.9 cm³/mol. The normalized spacial score (nSPS) is 11.9. The van der Waals surface area contributed by atoms with Crippen molar-refractivity contribution in [2.45, 2.75) is 19.8 Å². The smallest absolute Gasteiger partial charge is 0.142 e. The van der Waals surface area contributed by atoms with E-state index in [-0.39, 0.29) is 0 Å². The molecule has 16 heavy (non-hydrogen) atoms. The van der Waals surface area contributed by atoms with Gasteiger partial charge in [-0.05, 0) is 36.6 Å². The number of nitrogens with two attached hydrogens (primary N) is 1. The third-order valence-electron chi connectivity index (χ3n) is 2.36. The average Bonchev–Trinajstić information content (AvgIpc) is 2.31. The number of hydrogen-bond donors (Lipinski definition) is 1. The molecule has 0 bridgehead atoms. The van der Waals surface area contributed by atoms with Gasteiger partial charge in [0.1, 0.15) is 6.29 Å². The maximum Gasteiger partial charge on any atom is 0.142 e. The highest BCUT2D eigenvalue weighted by Crippen LogP contribution is 2.14. The van der Waals surface area contributed by atoms with Crippen LogP contribution < -0.4 is 5.73 Å². The molecule has 0 fully saturated rings. The standard InChI is InChI=1S/C14H17NO/c1-2-12(5-3-4-10-16)11-13-6-8-14(15)9-7-13/h3-4,6-11H,2,5,15H2,1H3/b4-3-,12-11+. The van der Waals surface area contributed by atoms with Gasteiger partial charge in [0.25, 0.3) is 0 Å². The minimum Gasteiger partial charge on any atom is -0.399 e. The topological polar surface area (TPSA) is 43.1 Å². The van der Waals surface area contributed by atoms with Crippen molar-refractivity contribution in [3.8, 4) is 0 Å². The quantitative estimate of drug-likeness (QED) is 0.465. The molecule has 0 atom stereocenters. The molecular formula is C14H17NO. The van der Waals surface area contributed by atoms with Gasteiger partial charge >= 0.3 is 0 Å². The summed E-state index contributed by atoms with van der Waals surface area (Å²) in [6.45, 7) is 2.11. The number of allylic oxidation sites excluding steroid dienone is 3. The van der Waals surface area contributed by atoms with Crippen LogP contribution in [0.1, 0.15) is 25.3 Å². The van der Waals surface area contributed by atoms with Crippen molar-refractivity contribution in [2.24, 2.45) is 0 Å². The van der Waals surface area contributed by atoms with E-state index in [2.05, 4.69) is 13.0 Å². The maximum absolute atomic E-state index is 10.2. The Hall–Kier alpha value is -1.83. The number of nitrogen functional groups attached to an aromatic ring is 1. The monoisotopic (exact) mass is 215 g/mol. The van der Waals surface area contributed by atoms with E-state index < -0.39 is 0 Å². The number of aldehydes is 1. The number of rotatable bonds is 5. The number of anilines is 1. The van der Waals surface area contributed by atoms with Crippen LogP contribution in [0, 0.1) is 0 Å². The van der Waals surface area contributed by atoms with Crippen molar-refractivity contribution in [1.82, 2.24) is 0 Å². The molecule has 0 saturated carbocycles. The lowest BCUT2D eigenvalue weighted by Crippen LogP contribution is -1.84. The Labute approximate surface area is 96.5 Å². The molecule has 0 aliphatic carbocycles. The highest BCUT2D eigenvalue weighted by atomic mass is 16.1. The highest BCUT2D eigenvalue weighted by molar-refractivity contribution is 5.65. The second-order valence-electron chi connectivity index (χ2n) is 3.59. The van der Waals surface area contributed by atoms with Crippen LogP contribution in [-0.2, 0) is 4.79 Å². The molecule has 2 N–H and O–H groups in total. The molecule has 84 valence electrons. The van der Waals surface area contributed by atoms with Gasteiger partial charge in [-0.15, -0.1) is 0 Å². The van der Waals surface area contributed by atoms with Gasteiger partial charge in [0.05, 0.1) is 0 Å². The molecule has 0 spiro atoms. The first-order valence-electron chi connectivity index (χ1n) is 5.41. The van der Waals surface area contributed by atoms with Gasteiger partial charge in [0.15, 0.2) is 0 Å². The molecule has 0 amide bonds. The molecule has 1 rings (SSSR count). The fraction of sp³-hybridized carbons (Fsp3) is 0.214. The SMILES string of the molecule is CC/C(=C\c1ccc(N)cc1)C/C=C\C=O. The van der Waals surface area contributed by atoms with Crippen LogP contribution in [0.5, 0.6) is 0 Å². The van der Waals surface area contributed by atoms with E-state index in [4.69, 9.17) is 5.73 Å². The summed E-state index contributed by atoms with van der Waals surface area (Å²) in [6.07, 6.45) is 8.14. The van der Waals surface area contributed by atoms with Crippen LogP contribution in [0.2, 0.25) is 0 Å². The minimum atomic E-state index is 0.774. The Morgan fingerprint density at radius 3 is 2.56 bits per heavy atom. The average molecular weight is 215 g/mol. The summed E-state index contributed by atoms with van der Waals surface area (Å²) in [5.41, 5.74) is 8.83. The summed E-state index contributed by atoms with van der Waals surface area (Å²) in [5.74, 6) is 0. The van der Waals surface area contributed by atoms with Crippen LogP contribution in [0.15, 0.2) is 42.0 Å². The van der Waals surface area contributed by atoms with Crippen molar-refractivity contribution in [2.75, 3.05) is 5.73 Å². The van der Waals surface area contributed by atoms with E-state index in [1.54, 1.807) is 0 Å². The minimum absolute atomic E-state index is 0.774. The van der Waals surface area contributed by atoms with E-state index in [0.717, 1.165) is 30.4 Å². The van der Waals surface area contributed by atoms with Gasteiger partial charge in [-0.3, -0.25) is 4.79 Å². The van der Waals surface area contributed by atoms with Gasteiger partial charge < -0.3 is 5.73 Å². The van der Waals surface area contributed by atoms with E-state index >= 15 is 0 Å². The Bertz CT molecular complexity index is 388. The number of benzene rings is 1. The van der Waals surface area contributed by atoms with Gasteiger partial charge in [-0.2, -0.15) is 0 Å². The first-order valence-corrected chi connectivity index (χ1v) is 5.41. The van der Waals surface area contributed by atoms with Crippen LogP contribution in [0.3, 0.4) is 0 Å². The Morgan fingerprint density at radius 2 is 2.00 bits per heavy atom. The maximum atomic E-state index is 10.2. The van der Waals surface area contributed by atoms with Crippen LogP contribution in [-0.4, -0.2) is 6.29 Å². The van der Waals surface area contributed by atoms with Crippen LogP contribution >= 0.6 is 0 Å². The summed E-state index contributed by atoms with van der Waals surface area (Å²) in [7, 11) is 0. The molecule has 1 aromatic rings. The van der Waals surface area contributed by atoms with Crippen molar-refractivity contribution in [1.29, 1.82) is 0 Å². The summed E-state index contributed by atoms with van der Waals surface area (Å²) in [4.78, 5) is 10.2. The zero-order chi connectivity index (χ0) is 11.8. The molecule has 0 aliphatic rings. The summed E-state index contributed by atoms with van der Waals surface area (Å²) in [6, 6.07) is 7.77. The zero-order valence-corrected chi connectivity index (χ0v) is 9.52. The van der Waals surface area contributed by atoms with Gasteiger partial charge in [-0.25, -0.2) is 0 Å². The fourth-order valence-electron chi connectivity index (χ4n) is 1.41. The van der Waals surface area contributed by atoms with E-state index in [0.29, 0.717) is 0 Å². The van der Waals surface area contributed by atoms with Gasteiger partial charge in [-0.1, -0.05) is 36.8 Å². The van der Waals surface area contributed by atoms with Gasteiger partial charge in [0.2, 0.25) is 0 Å². The van der Waals surface area contributed by atoms with Crippen molar-refractivity contribution in [3.05, 3.63) is 47.6 Å². The van der Waals surface area contributed by atoms with Crippen molar-refractivity contribution >= 4 is 18.0 Å². The Morgan fingerprint density at radius 1 is 1.31 bits per heavy atom. The number of hydrogen-bond acceptors (Lipinski definition) is 2. The molecule has 2 nitrogen and oxygen atoms in total. The van der Waals surface area contributed by atoms with Gasteiger partial charge in [0, 0.05) is 5.69 Å². The molecule has 0 radical (unpaired) electrons. The third-order valence-corrected chi connectivity index (χ3v) is 2.36. The summed E-state index contributed by atoms with van der Waals surface area (Å²) < 4.78 is 0. The van der Waals surface area contributed by atoms with E-state index in [9.17, 15) is 4.79 Å². The predicted octanol–water partition coefficient (Wildman–Crippen LogP) is 3.21. The third kappa shape index (κ3) is 4.13. The van der Waals surface area contributed by atoms with E-state index in [1.807, 2.05) is 30.3 Å². The molecule has 2 heteroatoms. The molecule has 0 saturated heterocycles. The van der Waals surface area contributed by atoms with Crippen LogP contribution in [0.4, 0.5) is 5.69 Å². The lowest BCUT2D eigenvalue weighted by Gasteiger charge is -2.01. The number of carbonyl (C=O) groups excluding carboxylic acids is 1. The first-order chi connectivity index (χ1) is 7.76. The summed E-state index contributed by atoms with van der Waals surface area (Å²) >= 11 is 0. The van der Waals surface area contributed by atoms with Crippen molar-refractivity contribution < 1.29 is 4.79 Å². The lowest BCUT2D eigenvalue weighted by molar-refractivity contribution is -0.104. The first kappa shape index (κ1) is 12.2.